The molecule has 1 amide bonds. The van der Waals surface area contributed by atoms with Crippen molar-refractivity contribution in [2.75, 3.05) is 31.1 Å². The Bertz CT molecular complexity index is 917. The van der Waals surface area contributed by atoms with Crippen LogP contribution in [0, 0.1) is 0 Å². The highest BCUT2D eigenvalue weighted by molar-refractivity contribution is 6.33. The largest absolute Gasteiger partial charge is 0.467 e. The number of hydrogen-bond donors (Lipinski definition) is 1. The average Bonchev–Trinajstić information content (AvgIpc) is 3.39. The first-order valence-electron chi connectivity index (χ1n) is 9.16. The van der Waals surface area contributed by atoms with Gasteiger partial charge in [-0.2, -0.15) is 0 Å². The van der Waals surface area contributed by atoms with Crippen molar-refractivity contribution in [1.82, 2.24) is 15.2 Å². The van der Waals surface area contributed by atoms with Crippen LogP contribution in [-0.4, -0.2) is 42.0 Å². The molecule has 0 spiro atoms. The highest BCUT2D eigenvalue weighted by Crippen LogP contribution is 2.26. The Morgan fingerprint density at radius 3 is 2.68 bits per heavy atom. The van der Waals surface area contributed by atoms with Crippen molar-refractivity contribution in [3.05, 3.63) is 71.3 Å². The van der Waals surface area contributed by atoms with Crippen LogP contribution in [0.15, 0.2) is 57.8 Å². The van der Waals surface area contributed by atoms with Gasteiger partial charge in [-0.3, -0.25) is 9.69 Å². The molecule has 7 nitrogen and oxygen atoms in total. The number of aromatic nitrogens is 1. The Morgan fingerprint density at radius 1 is 1.11 bits per heavy atom. The number of piperazine rings is 1. The van der Waals surface area contributed by atoms with Gasteiger partial charge in [-0.05, 0) is 24.3 Å². The molecule has 1 saturated heterocycles. The number of benzene rings is 1. The van der Waals surface area contributed by atoms with Gasteiger partial charge >= 0.3 is 0 Å². The topological polar surface area (TPSA) is 74.8 Å². The van der Waals surface area contributed by atoms with Gasteiger partial charge in [-0.15, -0.1) is 0 Å². The van der Waals surface area contributed by atoms with Crippen molar-refractivity contribution in [1.29, 1.82) is 0 Å². The van der Waals surface area contributed by atoms with Crippen LogP contribution in [0.1, 0.15) is 22.1 Å². The van der Waals surface area contributed by atoms with E-state index in [1.165, 1.54) is 6.26 Å². The van der Waals surface area contributed by atoms with E-state index in [2.05, 4.69) is 20.1 Å². The minimum atomic E-state index is -0.282. The minimum Gasteiger partial charge on any atom is -0.467 e. The zero-order valence-electron chi connectivity index (χ0n) is 15.3. The van der Waals surface area contributed by atoms with E-state index in [9.17, 15) is 4.79 Å². The van der Waals surface area contributed by atoms with Crippen molar-refractivity contribution in [2.45, 2.75) is 13.1 Å². The predicted octanol–water partition coefficient (Wildman–Crippen LogP) is 3.17. The standard InChI is InChI=1S/C20H21ClN4O3/c21-16-5-1-2-6-18(16)25-9-7-24(8-10-25)13-19-23-17(14-28-19)20(26)22-12-15-4-3-11-27-15/h1-6,11,14H,7-10,12-13H2,(H,22,26). The monoisotopic (exact) mass is 400 g/mol. The summed E-state index contributed by atoms with van der Waals surface area (Å²) in [5, 5.41) is 3.53. The molecule has 28 heavy (non-hydrogen) atoms. The van der Waals surface area contributed by atoms with Gasteiger partial charge in [0.05, 0.1) is 30.1 Å². The maximum absolute atomic E-state index is 12.2. The molecule has 1 aliphatic heterocycles. The number of carbonyl (C=O) groups is 1. The van der Waals surface area contributed by atoms with Gasteiger partial charge < -0.3 is 19.1 Å². The fraction of sp³-hybridized carbons (Fsp3) is 0.300. The number of para-hydroxylation sites is 1. The molecule has 146 valence electrons. The number of amides is 1. The molecule has 0 saturated carbocycles. The number of nitrogens with one attached hydrogen (secondary N) is 1. The lowest BCUT2D eigenvalue weighted by atomic mass is 10.2. The van der Waals surface area contributed by atoms with Crippen LogP contribution < -0.4 is 10.2 Å². The summed E-state index contributed by atoms with van der Waals surface area (Å²) in [6.45, 7) is 4.38. The minimum absolute atomic E-state index is 0.274. The van der Waals surface area contributed by atoms with Crippen molar-refractivity contribution < 1.29 is 13.6 Å². The van der Waals surface area contributed by atoms with Crippen LogP contribution in [0.2, 0.25) is 5.02 Å². The van der Waals surface area contributed by atoms with E-state index in [0.717, 1.165) is 36.9 Å². The molecule has 0 atom stereocenters. The van der Waals surface area contributed by atoms with Gasteiger partial charge in [0.1, 0.15) is 12.0 Å². The predicted molar refractivity (Wildman–Crippen MR) is 105 cm³/mol. The third-order valence-corrected chi connectivity index (χ3v) is 5.03. The number of furan rings is 1. The van der Waals surface area contributed by atoms with Gasteiger partial charge in [-0.25, -0.2) is 4.98 Å². The van der Waals surface area contributed by atoms with Crippen LogP contribution in [0.5, 0.6) is 0 Å². The molecular weight excluding hydrogens is 380 g/mol. The average molecular weight is 401 g/mol. The first-order valence-corrected chi connectivity index (χ1v) is 9.53. The molecule has 4 rings (SSSR count). The van der Waals surface area contributed by atoms with Crippen molar-refractivity contribution >= 4 is 23.2 Å². The molecule has 3 heterocycles. The summed E-state index contributed by atoms with van der Waals surface area (Å²) in [5.41, 5.74) is 1.34. The maximum atomic E-state index is 12.2. The molecule has 2 aromatic heterocycles. The quantitative estimate of drug-likeness (QED) is 0.685. The van der Waals surface area contributed by atoms with Crippen LogP contribution in [0.25, 0.3) is 0 Å². The van der Waals surface area contributed by atoms with Gasteiger partial charge in [0.25, 0.3) is 5.91 Å². The Labute approximate surface area is 167 Å². The van der Waals surface area contributed by atoms with E-state index in [-0.39, 0.29) is 11.6 Å². The first kappa shape index (κ1) is 18.6. The summed E-state index contributed by atoms with van der Waals surface area (Å²) in [4.78, 5) is 21.0. The Hall–Kier alpha value is -2.77. The molecule has 1 aromatic carbocycles. The summed E-state index contributed by atoms with van der Waals surface area (Å²) in [5.74, 6) is 0.942. The number of oxazole rings is 1. The second kappa shape index (κ2) is 8.50. The molecule has 8 heteroatoms. The Kier molecular flexibility index (Phi) is 5.64. The summed E-state index contributed by atoms with van der Waals surface area (Å²) >= 11 is 6.29. The molecule has 0 unspecified atom stereocenters. The van der Waals surface area contributed by atoms with Crippen LogP contribution in [-0.2, 0) is 13.1 Å². The lowest BCUT2D eigenvalue weighted by Gasteiger charge is -2.35. The summed E-state index contributed by atoms with van der Waals surface area (Å²) in [6.07, 6.45) is 2.97. The van der Waals surface area contributed by atoms with Crippen molar-refractivity contribution in [3.8, 4) is 0 Å². The number of carbonyl (C=O) groups excluding carboxylic acids is 1. The normalized spacial score (nSPS) is 15.0. The number of halogens is 1. The Morgan fingerprint density at radius 2 is 1.93 bits per heavy atom. The molecule has 1 fully saturated rings. The van der Waals surface area contributed by atoms with E-state index >= 15 is 0 Å². The first-order chi connectivity index (χ1) is 13.7. The smallest absolute Gasteiger partial charge is 0.273 e. The zero-order chi connectivity index (χ0) is 19.3. The zero-order valence-corrected chi connectivity index (χ0v) is 16.1. The fourth-order valence-corrected chi connectivity index (χ4v) is 3.46. The molecule has 0 radical (unpaired) electrons. The van der Waals surface area contributed by atoms with Gasteiger partial charge in [0.2, 0.25) is 5.89 Å². The van der Waals surface area contributed by atoms with E-state index in [4.69, 9.17) is 20.4 Å². The molecular formula is C20H21ClN4O3. The SMILES string of the molecule is O=C(NCc1ccco1)c1coc(CN2CCN(c3ccccc3Cl)CC2)n1. The summed E-state index contributed by atoms with van der Waals surface area (Å²) < 4.78 is 10.7. The molecule has 1 N–H and O–H groups in total. The lowest BCUT2D eigenvalue weighted by Crippen LogP contribution is -2.46. The molecule has 0 bridgehead atoms. The van der Waals surface area contributed by atoms with E-state index in [1.54, 1.807) is 18.4 Å². The summed E-state index contributed by atoms with van der Waals surface area (Å²) in [7, 11) is 0. The maximum Gasteiger partial charge on any atom is 0.273 e. The van der Waals surface area contributed by atoms with Gasteiger partial charge in [0, 0.05) is 26.2 Å². The number of anilines is 1. The van der Waals surface area contributed by atoms with Crippen molar-refractivity contribution in [2.24, 2.45) is 0 Å². The third kappa shape index (κ3) is 4.37. The second-order valence-corrected chi connectivity index (χ2v) is 7.01. The van der Waals surface area contributed by atoms with Crippen LogP contribution in [0.4, 0.5) is 5.69 Å². The Balaban J connectivity index is 1.28. The third-order valence-electron chi connectivity index (χ3n) is 4.71. The number of hydrogen-bond acceptors (Lipinski definition) is 6. The van der Waals surface area contributed by atoms with Gasteiger partial charge in [0.15, 0.2) is 5.69 Å². The fourth-order valence-electron chi connectivity index (χ4n) is 3.21. The van der Waals surface area contributed by atoms with E-state index in [0.29, 0.717) is 24.7 Å². The van der Waals surface area contributed by atoms with E-state index in [1.807, 2.05) is 24.3 Å². The summed E-state index contributed by atoms with van der Waals surface area (Å²) in [6, 6.07) is 11.5. The second-order valence-electron chi connectivity index (χ2n) is 6.60. The molecule has 0 aliphatic carbocycles. The van der Waals surface area contributed by atoms with Crippen molar-refractivity contribution in [3.63, 3.8) is 0 Å². The number of nitrogens with zero attached hydrogens (tertiary/aromatic N) is 3. The molecule has 1 aliphatic rings. The number of rotatable bonds is 6. The van der Waals surface area contributed by atoms with E-state index < -0.39 is 0 Å². The van der Waals surface area contributed by atoms with Gasteiger partial charge in [-0.1, -0.05) is 23.7 Å². The lowest BCUT2D eigenvalue weighted by molar-refractivity contribution is 0.0943. The molecule has 3 aromatic rings. The highest BCUT2D eigenvalue weighted by atomic mass is 35.5. The highest BCUT2D eigenvalue weighted by Gasteiger charge is 2.21. The van der Waals surface area contributed by atoms with Crippen LogP contribution in [0.3, 0.4) is 0 Å². The van der Waals surface area contributed by atoms with Crippen LogP contribution >= 0.6 is 11.6 Å².